The third-order valence-electron chi connectivity index (χ3n) is 3.31. The summed E-state index contributed by atoms with van der Waals surface area (Å²) in [6, 6.07) is 6.96. The summed E-state index contributed by atoms with van der Waals surface area (Å²) in [5, 5.41) is 11.6. The third kappa shape index (κ3) is 2.69. The number of aromatic nitrogens is 2. The minimum atomic E-state index is -1.75. The molecule has 24 heavy (non-hydrogen) atoms. The zero-order chi connectivity index (χ0) is 17.3. The third-order valence-corrected chi connectivity index (χ3v) is 3.31. The topological polar surface area (TPSA) is 67.2 Å². The lowest BCUT2D eigenvalue weighted by Gasteiger charge is -2.12. The van der Waals surface area contributed by atoms with Gasteiger partial charge in [-0.2, -0.15) is 4.39 Å². The van der Waals surface area contributed by atoms with Crippen LogP contribution in [0.25, 0.3) is 5.69 Å². The number of halogens is 3. The van der Waals surface area contributed by atoms with E-state index in [1.807, 2.05) is 0 Å². The lowest BCUT2D eigenvalue weighted by Crippen LogP contribution is -2.16. The predicted molar refractivity (Wildman–Crippen MR) is 79.5 cm³/mol. The Balaban J connectivity index is 1.98. The van der Waals surface area contributed by atoms with Crippen LogP contribution in [0.15, 0.2) is 49.1 Å². The Morgan fingerprint density at radius 2 is 1.92 bits per heavy atom. The normalized spacial score (nSPS) is 10.6. The van der Waals surface area contributed by atoms with E-state index in [4.69, 9.17) is 0 Å². The van der Waals surface area contributed by atoms with E-state index in [1.165, 1.54) is 12.5 Å². The first kappa shape index (κ1) is 15.6. The number of para-hydroxylation sites is 2. The number of amides is 1. The molecule has 0 bridgehead atoms. The number of phenols is 1. The summed E-state index contributed by atoms with van der Waals surface area (Å²) in [6.45, 7) is 0. The van der Waals surface area contributed by atoms with Gasteiger partial charge in [-0.15, -0.1) is 0 Å². The van der Waals surface area contributed by atoms with E-state index in [1.54, 1.807) is 35.0 Å². The predicted octanol–water partition coefficient (Wildman–Crippen LogP) is 3.25. The highest BCUT2D eigenvalue weighted by Crippen LogP contribution is 2.27. The van der Waals surface area contributed by atoms with Gasteiger partial charge in [0.25, 0.3) is 5.91 Å². The van der Waals surface area contributed by atoms with Crippen LogP contribution in [0.3, 0.4) is 0 Å². The summed E-state index contributed by atoms with van der Waals surface area (Å²) in [7, 11) is 0. The molecule has 1 amide bonds. The summed E-state index contributed by atoms with van der Waals surface area (Å²) in [4.78, 5) is 16.1. The molecule has 3 rings (SSSR count). The van der Waals surface area contributed by atoms with Crippen LogP contribution in [0.2, 0.25) is 0 Å². The second-order valence-electron chi connectivity index (χ2n) is 4.82. The maximum atomic E-state index is 13.8. The van der Waals surface area contributed by atoms with E-state index >= 15 is 0 Å². The maximum Gasteiger partial charge on any atom is 0.258 e. The number of imidazole rings is 1. The molecule has 0 spiro atoms. The van der Waals surface area contributed by atoms with Gasteiger partial charge < -0.3 is 15.0 Å². The fraction of sp³-hybridized carbons (Fsp3) is 0. The summed E-state index contributed by atoms with van der Waals surface area (Å²) < 4.78 is 41.9. The molecule has 0 aliphatic rings. The van der Waals surface area contributed by atoms with Crippen molar-refractivity contribution >= 4 is 11.6 Å². The second-order valence-corrected chi connectivity index (χ2v) is 4.82. The molecule has 0 aliphatic carbocycles. The van der Waals surface area contributed by atoms with Crippen LogP contribution in [0.1, 0.15) is 10.4 Å². The molecular weight excluding hydrogens is 323 g/mol. The van der Waals surface area contributed by atoms with Crippen molar-refractivity contribution in [1.29, 1.82) is 0 Å². The molecular formula is C16H10F3N3O2. The van der Waals surface area contributed by atoms with Crippen LogP contribution < -0.4 is 5.32 Å². The number of nitrogens with one attached hydrogen (secondary N) is 1. The average molecular weight is 333 g/mol. The molecule has 0 fully saturated rings. The molecule has 122 valence electrons. The summed E-state index contributed by atoms with van der Waals surface area (Å²) in [5.74, 6) is -7.38. The molecule has 8 heteroatoms. The van der Waals surface area contributed by atoms with Gasteiger partial charge in [0.15, 0.2) is 17.4 Å². The van der Waals surface area contributed by atoms with Gasteiger partial charge in [-0.3, -0.25) is 4.79 Å². The first-order valence-corrected chi connectivity index (χ1v) is 6.74. The van der Waals surface area contributed by atoms with Crippen molar-refractivity contribution in [3.8, 4) is 11.4 Å². The monoisotopic (exact) mass is 333 g/mol. The lowest BCUT2D eigenvalue weighted by molar-refractivity contribution is 0.102. The molecule has 0 saturated carbocycles. The summed E-state index contributed by atoms with van der Waals surface area (Å²) in [6.07, 6.45) is 4.66. The largest absolute Gasteiger partial charge is 0.503 e. The van der Waals surface area contributed by atoms with Crippen LogP contribution in [0.5, 0.6) is 5.75 Å². The van der Waals surface area contributed by atoms with Gasteiger partial charge >= 0.3 is 0 Å². The summed E-state index contributed by atoms with van der Waals surface area (Å²) >= 11 is 0. The van der Waals surface area contributed by atoms with Crippen molar-refractivity contribution in [1.82, 2.24) is 9.55 Å². The van der Waals surface area contributed by atoms with E-state index in [9.17, 15) is 23.1 Å². The van der Waals surface area contributed by atoms with E-state index in [0.29, 0.717) is 17.4 Å². The number of phenolic OH excluding ortho intramolecular Hbond substituents is 1. The molecule has 3 aromatic rings. The average Bonchev–Trinajstić information content (AvgIpc) is 3.11. The SMILES string of the molecule is O=C(Nc1ccccc1-n1ccnc1)c1cc(F)c(F)c(O)c1F. The molecule has 1 aromatic heterocycles. The number of carbonyl (C=O) groups is 1. The Kier molecular flexibility index (Phi) is 3.95. The Hall–Kier alpha value is -3.29. The highest BCUT2D eigenvalue weighted by molar-refractivity contribution is 6.05. The van der Waals surface area contributed by atoms with Crippen molar-refractivity contribution in [2.45, 2.75) is 0 Å². The van der Waals surface area contributed by atoms with Crippen molar-refractivity contribution in [2.24, 2.45) is 0 Å². The smallest absolute Gasteiger partial charge is 0.258 e. The van der Waals surface area contributed by atoms with E-state index in [0.717, 1.165) is 0 Å². The molecule has 5 nitrogen and oxygen atoms in total. The number of anilines is 1. The van der Waals surface area contributed by atoms with Crippen molar-refractivity contribution in [3.63, 3.8) is 0 Å². The van der Waals surface area contributed by atoms with Gasteiger partial charge in [-0.1, -0.05) is 12.1 Å². The number of hydrogen-bond acceptors (Lipinski definition) is 3. The molecule has 0 radical (unpaired) electrons. The molecule has 0 aliphatic heterocycles. The van der Waals surface area contributed by atoms with Crippen LogP contribution in [-0.4, -0.2) is 20.6 Å². The molecule has 1 heterocycles. The Morgan fingerprint density at radius 1 is 1.17 bits per heavy atom. The standard InChI is InChI=1S/C16H10F3N3O2/c17-10-7-9(13(18)15(23)14(10)19)16(24)21-11-3-1-2-4-12(11)22-6-5-20-8-22/h1-8,23H,(H,21,24). The molecule has 0 atom stereocenters. The van der Waals surface area contributed by atoms with Gasteiger partial charge in [0.05, 0.1) is 23.3 Å². The molecule has 2 N–H and O–H groups in total. The quantitative estimate of drug-likeness (QED) is 0.723. The zero-order valence-corrected chi connectivity index (χ0v) is 12.0. The first-order valence-electron chi connectivity index (χ1n) is 6.74. The molecule has 2 aromatic carbocycles. The molecule has 0 unspecified atom stereocenters. The van der Waals surface area contributed by atoms with Gasteiger partial charge in [0, 0.05) is 12.4 Å². The maximum absolute atomic E-state index is 13.8. The Bertz CT molecular complexity index is 911. The Labute approximate surface area is 134 Å². The highest BCUT2D eigenvalue weighted by atomic mass is 19.2. The van der Waals surface area contributed by atoms with E-state index in [-0.39, 0.29) is 0 Å². The minimum Gasteiger partial charge on any atom is -0.503 e. The van der Waals surface area contributed by atoms with Crippen molar-refractivity contribution in [3.05, 3.63) is 72.1 Å². The van der Waals surface area contributed by atoms with Gasteiger partial charge in [0.2, 0.25) is 5.82 Å². The number of aromatic hydroxyl groups is 1. The van der Waals surface area contributed by atoms with Crippen molar-refractivity contribution < 1.29 is 23.1 Å². The van der Waals surface area contributed by atoms with Crippen LogP contribution in [0.4, 0.5) is 18.9 Å². The number of carbonyl (C=O) groups excluding carboxylic acids is 1. The Morgan fingerprint density at radius 3 is 2.62 bits per heavy atom. The van der Waals surface area contributed by atoms with Crippen LogP contribution in [0, 0.1) is 17.5 Å². The minimum absolute atomic E-state index is 0.295. The van der Waals surface area contributed by atoms with Gasteiger partial charge in [-0.05, 0) is 18.2 Å². The number of benzene rings is 2. The molecule has 0 saturated heterocycles. The highest BCUT2D eigenvalue weighted by Gasteiger charge is 2.23. The second kappa shape index (κ2) is 6.07. The number of hydrogen-bond donors (Lipinski definition) is 2. The fourth-order valence-corrected chi connectivity index (χ4v) is 2.15. The van der Waals surface area contributed by atoms with E-state index < -0.39 is 34.7 Å². The first-order chi connectivity index (χ1) is 11.5. The lowest BCUT2D eigenvalue weighted by atomic mass is 10.1. The number of rotatable bonds is 3. The van der Waals surface area contributed by atoms with Crippen LogP contribution in [-0.2, 0) is 0 Å². The van der Waals surface area contributed by atoms with E-state index in [2.05, 4.69) is 10.3 Å². The van der Waals surface area contributed by atoms with Gasteiger partial charge in [0.1, 0.15) is 0 Å². The van der Waals surface area contributed by atoms with Gasteiger partial charge in [-0.25, -0.2) is 13.8 Å². The zero-order valence-electron chi connectivity index (χ0n) is 12.0. The van der Waals surface area contributed by atoms with Crippen LogP contribution >= 0.6 is 0 Å². The summed E-state index contributed by atoms with van der Waals surface area (Å²) in [5.41, 5.74) is 0.0199. The number of nitrogens with zero attached hydrogens (tertiary/aromatic N) is 2. The van der Waals surface area contributed by atoms with Crippen molar-refractivity contribution in [2.75, 3.05) is 5.32 Å². The fourth-order valence-electron chi connectivity index (χ4n) is 2.15.